The molecule has 114 valence electrons. The van der Waals surface area contributed by atoms with Crippen molar-refractivity contribution in [2.24, 2.45) is 17.3 Å². The molecular weight excluding hydrogens is 262 g/mol. The van der Waals surface area contributed by atoms with E-state index in [0.29, 0.717) is 25.4 Å². The largest absolute Gasteiger partial charge is 0.378 e. The lowest BCUT2D eigenvalue weighted by atomic mass is 9.68. The summed E-state index contributed by atoms with van der Waals surface area (Å²) in [7, 11) is 0. The Hall–Kier alpha value is -0.730. The standard InChI is InChI=1S/C15H24F2N2O/c1-11(2)14(3-6-18)4-7-19(8-5-14)13(20)12-9-15(16,17)10-12/h11-13,20H,3-5,7-10H2,1-2H3. The first-order valence-electron chi connectivity index (χ1n) is 7.46. The Morgan fingerprint density at radius 3 is 2.25 bits per heavy atom. The maximum absolute atomic E-state index is 12.9. The SMILES string of the molecule is CC(C)C1(CC#N)CCN(C(O)C2CC(F)(F)C2)CC1. The van der Waals surface area contributed by atoms with E-state index in [0.717, 1.165) is 12.8 Å². The number of alkyl halides is 2. The zero-order valence-electron chi connectivity index (χ0n) is 12.3. The molecule has 3 nitrogen and oxygen atoms in total. The molecular formula is C15H24F2N2O. The molecule has 0 spiro atoms. The minimum atomic E-state index is -2.58. The lowest BCUT2D eigenvalue weighted by molar-refractivity contribution is -0.180. The third-order valence-corrected chi connectivity index (χ3v) is 5.37. The number of halogens is 2. The second kappa shape index (κ2) is 5.57. The van der Waals surface area contributed by atoms with E-state index >= 15 is 0 Å². The summed E-state index contributed by atoms with van der Waals surface area (Å²) >= 11 is 0. The van der Waals surface area contributed by atoms with Gasteiger partial charge in [0.25, 0.3) is 0 Å². The van der Waals surface area contributed by atoms with Gasteiger partial charge in [-0.2, -0.15) is 5.26 Å². The number of nitrogens with zero attached hydrogens (tertiary/aromatic N) is 2. The van der Waals surface area contributed by atoms with E-state index in [1.165, 1.54) is 0 Å². The molecule has 2 rings (SSSR count). The molecule has 1 saturated carbocycles. The zero-order valence-corrected chi connectivity index (χ0v) is 12.3. The van der Waals surface area contributed by atoms with Crippen LogP contribution in [0.25, 0.3) is 0 Å². The Labute approximate surface area is 119 Å². The minimum absolute atomic E-state index is 0.0223. The molecule has 5 heteroatoms. The third-order valence-electron chi connectivity index (χ3n) is 5.37. The smallest absolute Gasteiger partial charge is 0.249 e. The fraction of sp³-hybridized carbons (Fsp3) is 0.933. The van der Waals surface area contributed by atoms with Crippen LogP contribution in [0.4, 0.5) is 8.78 Å². The fourth-order valence-corrected chi connectivity index (χ4v) is 3.57. The highest BCUT2D eigenvalue weighted by molar-refractivity contribution is 4.97. The Kier molecular flexibility index (Phi) is 4.36. The summed E-state index contributed by atoms with van der Waals surface area (Å²) in [5.41, 5.74) is 0.0223. The molecule has 2 fully saturated rings. The molecule has 0 amide bonds. The van der Waals surface area contributed by atoms with Crippen LogP contribution >= 0.6 is 0 Å². The molecule has 1 heterocycles. The Morgan fingerprint density at radius 1 is 1.30 bits per heavy atom. The molecule has 1 saturated heterocycles. The van der Waals surface area contributed by atoms with Crippen LogP contribution in [0.3, 0.4) is 0 Å². The molecule has 20 heavy (non-hydrogen) atoms. The van der Waals surface area contributed by atoms with Crippen LogP contribution in [0.15, 0.2) is 0 Å². The van der Waals surface area contributed by atoms with E-state index in [2.05, 4.69) is 19.9 Å². The average Bonchev–Trinajstić information content (AvgIpc) is 2.36. The number of hydrogen-bond donors (Lipinski definition) is 1. The molecule has 1 N–H and O–H groups in total. The van der Waals surface area contributed by atoms with E-state index in [9.17, 15) is 13.9 Å². The van der Waals surface area contributed by atoms with E-state index in [1.54, 1.807) is 0 Å². The number of rotatable bonds is 4. The van der Waals surface area contributed by atoms with Crippen molar-refractivity contribution in [3.63, 3.8) is 0 Å². The summed E-state index contributed by atoms with van der Waals surface area (Å²) in [6.45, 7) is 5.66. The normalized spacial score (nSPS) is 27.9. The van der Waals surface area contributed by atoms with Gasteiger partial charge in [0.05, 0.1) is 6.07 Å². The van der Waals surface area contributed by atoms with Crippen molar-refractivity contribution in [3.05, 3.63) is 0 Å². The number of nitriles is 1. The molecule has 1 aliphatic carbocycles. The van der Waals surface area contributed by atoms with Crippen LogP contribution < -0.4 is 0 Å². The molecule has 0 bridgehead atoms. The quantitative estimate of drug-likeness (QED) is 0.864. The van der Waals surface area contributed by atoms with E-state index in [4.69, 9.17) is 5.26 Å². The Bertz CT molecular complexity index is 376. The molecule has 1 atom stereocenters. The molecule has 0 aromatic carbocycles. The summed E-state index contributed by atoms with van der Waals surface area (Å²) < 4.78 is 25.8. The van der Waals surface area contributed by atoms with E-state index < -0.39 is 12.2 Å². The molecule has 2 aliphatic rings. The maximum Gasteiger partial charge on any atom is 0.249 e. The van der Waals surface area contributed by atoms with Crippen molar-refractivity contribution in [1.82, 2.24) is 4.90 Å². The van der Waals surface area contributed by atoms with Crippen molar-refractivity contribution < 1.29 is 13.9 Å². The number of hydrogen-bond acceptors (Lipinski definition) is 3. The highest BCUT2D eigenvalue weighted by Gasteiger charge is 2.50. The van der Waals surface area contributed by atoms with Gasteiger partial charge in [-0.3, -0.25) is 4.90 Å². The summed E-state index contributed by atoms with van der Waals surface area (Å²) in [4.78, 5) is 1.91. The fourth-order valence-electron chi connectivity index (χ4n) is 3.57. The number of aliphatic hydroxyl groups is 1. The van der Waals surface area contributed by atoms with Crippen molar-refractivity contribution in [2.45, 2.75) is 58.1 Å². The number of piperidine rings is 1. The van der Waals surface area contributed by atoms with Crippen LogP contribution in [0, 0.1) is 28.6 Å². The highest BCUT2D eigenvalue weighted by Crippen LogP contribution is 2.47. The van der Waals surface area contributed by atoms with Crippen molar-refractivity contribution in [1.29, 1.82) is 5.26 Å². The van der Waals surface area contributed by atoms with Gasteiger partial charge in [-0.15, -0.1) is 0 Å². The number of likely N-dealkylation sites (tertiary alicyclic amines) is 1. The summed E-state index contributed by atoms with van der Waals surface area (Å²) in [5.74, 6) is -2.45. The third kappa shape index (κ3) is 2.96. The molecule has 0 aromatic rings. The monoisotopic (exact) mass is 286 g/mol. The first kappa shape index (κ1) is 15.7. The predicted molar refractivity (Wildman–Crippen MR) is 72.0 cm³/mol. The van der Waals surface area contributed by atoms with Gasteiger partial charge in [0.2, 0.25) is 5.92 Å². The minimum Gasteiger partial charge on any atom is -0.378 e. The topological polar surface area (TPSA) is 47.3 Å². The maximum atomic E-state index is 12.9. The van der Waals surface area contributed by atoms with Gasteiger partial charge >= 0.3 is 0 Å². The van der Waals surface area contributed by atoms with Gasteiger partial charge in [-0.1, -0.05) is 13.8 Å². The molecule has 1 aliphatic heterocycles. The zero-order chi connectivity index (χ0) is 15.0. The van der Waals surface area contributed by atoms with Crippen molar-refractivity contribution in [2.75, 3.05) is 13.1 Å². The summed E-state index contributed by atoms with van der Waals surface area (Å²) in [6.07, 6.45) is 1.12. The van der Waals surface area contributed by atoms with Gasteiger partial charge in [0.1, 0.15) is 6.23 Å². The summed E-state index contributed by atoms with van der Waals surface area (Å²) in [5, 5.41) is 19.2. The first-order chi connectivity index (χ1) is 9.30. The first-order valence-corrected chi connectivity index (χ1v) is 7.46. The van der Waals surface area contributed by atoms with E-state index in [1.807, 2.05) is 4.90 Å². The van der Waals surface area contributed by atoms with Crippen LogP contribution in [0.1, 0.15) is 46.0 Å². The van der Waals surface area contributed by atoms with E-state index in [-0.39, 0.29) is 24.2 Å². The van der Waals surface area contributed by atoms with Crippen LogP contribution in [0.2, 0.25) is 0 Å². The summed E-state index contributed by atoms with van der Waals surface area (Å²) in [6, 6.07) is 2.28. The lowest BCUT2D eigenvalue weighted by Gasteiger charge is -2.48. The van der Waals surface area contributed by atoms with Crippen LogP contribution in [0.5, 0.6) is 0 Å². The molecule has 1 unspecified atom stereocenters. The van der Waals surface area contributed by atoms with Crippen molar-refractivity contribution in [3.8, 4) is 6.07 Å². The van der Waals surface area contributed by atoms with Gasteiger partial charge in [0, 0.05) is 38.3 Å². The predicted octanol–water partition coefficient (Wildman–Crippen LogP) is 3.00. The second-order valence-corrected chi connectivity index (χ2v) is 6.83. The lowest BCUT2D eigenvalue weighted by Crippen LogP contribution is -2.53. The Morgan fingerprint density at radius 2 is 1.85 bits per heavy atom. The van der Waals surface area contributed by atoms with Gasteiger partial charge < -0.3 is 5.11 Å². The van der Waals surface area contributed by atoms with Gasteiger partial charge in [-0.25, -0.2) is 8.78 Å². The molecule has 0 radical (unpaired) electrons. The second-order valence-electron chi connectivity index (χ2n) is 6.83. The van der Waals surface area contributed by atoms with Gasteiger partial charge in [0.15, 0.2) is 0 Å². The Balaban J connectivity index is 1.89. The molecule has 0 aromatic heterocycles. The number of aliphatic hydroxyl groups excluding tert-OH is 1. The average molecular weight is 286 g/mol. The van der Waals surface area contributed by atoms with Crippen molar-refractivity contribution >= 4 is 0 Å². The van der Waals surface area contributed by atoms with Gasteiger partial charge in [-0.05, 0) is 24.2 Å². The van der Waals surface area contributed by atoms with Crippen LogP contribution in [-0.2, 0) is 0 Å². The highest BCUT2D eigenvalue weighted by atomic mass is 19.3. The van der Waals surface area contributed by atoms with Crippen LogP contribution in [-0.4, -0.2) is 35.2 Å².